The van der Waals surface area contributed by atoms with Crippen molar-refractivity contribution in [3.8, 4) is 0 Å². The van der Waals surface area contributed by atoms with E-state index >= 15 is 0 Å². The molecule has 0 radical (unpaired) electrons. The molecule has 2 heterocycles. The molecule has 2 aliphatic heterocycles. The minimum atomic E-state index is -0.165. The number of likely N-dealkylation sites (N-methyl/N-ethyl adjacent to an activating group) is 1. The molecule has 0 aliphatic carbocycles. The monoisotopic (exact) mass is 402 g/mol. The molecule has 2 fully saturated rings. The normalized spacial score (nSPS) is 22.1. The van der Waals surface area contributed by atoms with Crippen molar-refractivity contribution in [3.05, 3.63) is 35.9 Å². The van der Waals surface area contributed by atoms with Gasteiger partial charge in [-0.2, -0.15) is 0 Å². The van der Waals surface area contributed by atoms with Crippen LogP contribution in [0.2, 0.25) is 0 Å². The van der Waals surface area contributed by atoms with Crippen LogP contribution in [-0.2, 0) is 4.79 Å². The van der Waals surface area contributed by atoms with E-state index in [2.05, 4.69) is 39.6 Å². The van der Waals surface area contributed by atoms with Gasteiger partial charge in [-0.05, 0) is 44.5 Å². The highest BCUT2D eigenvalue weighted by atomic mass is 35.5. The zero-order valence-corrected chi connectivity index (χ0v) is 17.2. The van der Waals surface area contributed by atoms with Crippen molar-refractivity contribution in [2.75, 3.05) is 52.9 Å². The Morgan fingerprint density at radius 2 is 1.88 bits per heavy atom. The second-order valence-corrected chi connectivity index (χ2v) is 7.09. The summed E-state index contributed by atoms with van der Waals surface area (Å²) in [6.07, 6.45) is 2.30. The SMILES string of the molecule is CN1CCN(C(C(=O)NCCC2CCNC2)c2ccccc2)CC1.Cl.Cl. The molecule has 0 spiro atoms. The summed E-state index contributed by atoms with van der Waals surface area (Å²) in [4.78, 5) is 17.6. The van der Waals surface area contributed by atoms with Crippen LogP contribution >= 0.6 is 24.8 Å². The molecule has 2 aliphatic rings. The number of benzene rings is 1. The summed E-state index contributed by atoms with van der Waals surface area (Å²) in [5.41, 5.74) is 1.10. The van der Waals surface area contributed by atoms with Gasteiger partial charge in [-0.1, -0.05) is 30.3 Å². The molecule has 2 N–H and O–H groups in total. The summed E-state index contributed by atoms with van der Waals surface area (Å²) in [7, 11) is 2.14. The lowest BCUT2D eigenvalue weighted by molar-refractivity contribution is -0.127. The molecule has 7 heteroatoms. The highest BCUT2D eigenvalue weighted by molar-refractivity contribution is 5.85. The van der Waals surface area contributed by atoms with Crippen molar-refractivity contribution in [3.63, 3.8) is 0 Å². The van der Waals surface area contributed by atoms with Gasteiger partial charge in [0, 0.05) is 32.7 Å². The van der Waals surface area contributed by atoms with Crippen LogP contribution in [0.1, 0.15) is 24.4 Å². The molecule has 26 heavy (non-hydrogen) atoms. The van der Waals surface area contributed by atoms with Gasteiger partial charge in [0.2, 0.25) is 5.91 Å². The van der Waals surface area contributed by atoms with Crippen LogP contribution in [-0.4, -0.2) is 68.6 Å². The molecular formula is C19H32Cl2N4O. The standard InChI is InChI=1S/C19H30N4O.2ClH/c1-22-11-13-23(14-12-22)18(17-5-3-2-4-6-17)19(24)21-10-8-16-7-9-20-15-16;;/h2-6,16,18,20H,7-15H2,1H3,(H,21,24);2*1H. The maximum atomic E-state index is 12.9. The number of carbonyl (C=O) groups is 1. The fourth-order valence-corrected chi connectivity index (χ4v) is 3.70. The minimum Gasteiger partial charge on any atom is -0.354 e. The van der Waals surface area contributed by atoms with Crippen molar-refractivity contribution in [1.82, 2.24) is 20.4 Å². The number of hydrogen-bond acceptors (Lipinski definition) is 4. The molecule has 1 aromatic rings. The van der Waals surface area contributed by atoms with E-state index in [4.69, 9.17) is 0 Å². The van der Waals surface area contributed by atoms with Gasteiger partial charge in [0.25, 0.3) is 0 Å². The Hall–Kier alpha value is -0.850. The van der Waals surface area contributed by atoms with E-state index in [-0.39, 0.29) is 36.8 Å². The molecule has 1 amide bonds. The minimum absolute atomic E-state index is 0. The molecular weight excluding hydrogens is 371 g/mol. The van der Waals surface area contributed by atoms with Crippen molar-refractivity contribution in [2.24, 2.45) is 5.92 Å². The van der Waals surface area contributed by atoms with Crippen LogP contribution in [0.25, 0.3) is 0 Å². The zero-order valence-electron chi connectivity index (χ0n) is 15.5. The van der Waals surface area contributed by atoms with Crippen LogP contribution in [0.3, 0.4) is 0 Å². The van der Waals surface area contributed by atoms with Crippen LogP contribution in [0.5, 0.6) is 0 Å². The Kier molecular flexibility index (Phi) is 10.5. The zero-order chi connectivity index (χ0) is 16.8. The highest BCUT2D eigenvalue weighted by Crippen LogP contribution is 2.22. The lowest BCUT2D eigenvalue weighted by Gasteiger charge is -2.37. The number of nitrogens with zero attached hydrogens (tertiary/aromatic N) is 2. The third-order valence-corrected chi connectivity index (χ3v) is 5.28. The van der Waals surface area contributed by atoms with E-state index < -0.39 is 0 Å². The first-order chi connectivity index (χ1) is 11.7. The molecule has 2 atom stereocenters. The molecule has 0 aromatic heterocycles. The first-order valence-electron chi connectivity index (χ1n) is 9.20. The van der Waals surface area contributed by atoms with Crippen molar-refractivity contribution < 1.29 is 4.79 Å². The van der Waals surface area contributed by atoms with E-state index in [9.17, 15) is 4.79 Å². The third-order valence-electron chi connectivity index (χ3n) is 5.28. The lowest BCUT2D eigenvalue weighted by Crippen LogP contribution is -2.50. The average Bonchev–Trinajstić information content (AvgIpc) is 3.11. The van der Waals surface area contributed by atoms with Crippen LogP contribution in [0.15, 0.2) is 30.3 Å². The van der Waals surface area contributed by atoms with E-state index in [1.54, 1.807) is 0 Å². The van der Waals surface area contributed by atoms with Gasteiger partial charge >= 0.3 is 0 Å². The summed E-state index contributed by atoms with van der Waals surface area (Å²) in [5.74, 6) is 0.862. The van der Waals surface area contributed by atoms with Gasteiger partial charge in [0.05, 0.1) is 0 Å². The first-order valence-corrected chi connectivity index (χ1v) is 9.20. The van der Waals surface area contributed by atoms with Gasteiger partial charge in [0.1, 0.15) is 6.04 Å². The van der Waals surface area contributed by atoms with Gasteiger partial charge in [-0.15, -0.1) is 24.8 Å². The topological polar surface area (TPSA) is 47.6 Å². The molecule has 148 valence electrons. The molecule has 1 aromatic carbocycles. The Balaban J connectivity index is 0.00000169. The molecule has 0 saturated carbocycles. The van der Waals surface area contributed by atoms with Gasteiger partial charge < -0.3 is 15.5 Å². The summed E-state index contributed by atoms with van der Waals surface area (Å²) in [5, 5.41) is 6.58. The van der Waals surface area contributed by atoms with E-state index in [0.29, 0.717) is 5.92 Å². The summed E-state index contributed by atoms with van der Waals surface area (Å²) in [6.45, 7) is 6.91. The number of halogens is 2. The third kappa shape index (κ3) is 6.39. The van der Waals surface area contributed by atoms with Crippen LogP contribution < -0.4 is 10.6 Å². The van der Waals surface area contributed by atoms with Crippen LogP contribution in [0.4, 0.5) is 0 Å². The molecule has 2 unspecified atom stereocenters. The lowest BCUT2D eigenvalue weighted by atomic mass is 10.0. The smallest absolute Gasteiger partial charge is 0.241 e. The molecule has 0 bridgehead atoms. The van der Waals surface area contributed by atoms with Crippen molar-refractivity contribution in [1.29, 1.82) is 0 Å². The second kappa shape index (κ2) is 11.8. The molecule has 5 nitrogen and oxygen atoms in total. The Bertz CT molecular complexity index is 518. The average molecular weight is 403 g/mol. The van der Waals surface area contributed by atoms with E-state index in [1.165, 1.54) is 6.42 Å². The maximum Gasteiger partial charge on any atom is 0.241 e. The number of amides is 1. The number of hydrogen-bond donors (Lipinski definition) is 2. The van der Waals surface area contributed by atoms with Gasteiger partial charge in [-0.3, -0.25) is 9.69 Å². The fraction of sp³-hybridized carbons (Fsp3) is 0.632. The maximum absolute atomic E-state index is 12.9. The van der Waals surface area contributed by atoms with E-state index in [0.717, 1.165) is 57.8 Å². The number of carbonyl (C=O) groups excluding carboxylic acids is 1. The number of nitrogens with one attached hydrogen (secondary N) is 2. The number of rotatable bonds is 6. The Labute approximate surface area is 169 Å². The van der Waals surface area contributed by atoms with Crippen LogP contribution in [0, 0.1) is 5.92 Å². The van der Waals surface area contributed by atoms with Gasteiger partial charge in [-0.25, -0.2) is 0 Å². The fourth-order valence-electron chi connectivity index (χ4n) is 3.70. The summed E-state index contributed by atoms with van der Waals surface area (Å²) < 4.78 is 0. The summed E-state index contributed by atoms with van der Waals surface area (Å²) in [6, 6.07) is 10.0. The van der Waals surface area contributed by atoms with Crippen molar-refractivity contribution >= 4 is 30.7 Å². The predicted octanol–water partition coefficient (Wildman–Crippen LogP) is 1.93. The quantitative estimate of drug-likeness (QED) is 0.762. The largest absolute Gasteiger partial charge is 0.354 e. The second-order valence-electron chi connectivity index (χ2n) is 7.09. The summed E-state index contributed by atoms with van der Waals surface area (Å²) >= 11 is 0. The Morgan fingerprint density at radius 3 is 2.50 bits per heavy atom. The molecule has 3 rings (SSSR count). The first kappa shape index (κ1) is 23.2. The Morgan fingerprint density at radius 1 is 1.19 bits per heavy atom. The van der Waals surface area contributed by atoms with Gasteiger partial charge in [0.15, 0.2) is 0 Å². The predicted molar refractivity (Wildman–Crippen MR) is 111 cm³/mol. The van der Waals surface area contributed by atoms with E-state index in [1.807, 2.05) is 18.2 Å². The number of piperazine rings is 1. The van der Waals surface area contributed by atoms with Crippen molar-refractivity contribution in [2.45, 2.75) is 18.9 Å². The highest BCUT2D eigenvalue weighted by Gasteiger charge is 2.29. The molecule has 2 saturated heterocycles.